The van der Waals surface area contributed by atoms with E-state index < -0.39 is 0 Å². The highest BCUT2D eigenvalue weighted by Gasteiger charge is 2.14. The van der Waals surface area contributed by atoms with E-state index in [0.29, 0.717) is 0 Å². The Balaban J connectivity index is 1.89. The molecule has 0 unspecified atom stereocenters. The quantitative estimate of drug-likeness (QED) is 0.741. The smallest absolute Gasteiger partial charge is 0.227 e. The van der Waals surface area contributed by atoms with Gasteiger partial charge in [0.05, 0.1) is 5.69 Å². The summed E-state index contributed by atoms with van der Waals surface area (Å²) in [7, 11) is 0. The number of pyridine rings is 1. The highest BCUT2D eigenvalue weighted by molar-refractivity contribution is 5.93. The summed E-state index contributed by atoms with van der Waals surface area (Å²) in [6, 6.07) is 11.9. The zero-order chi connectivity index (χ0) is 17.1. The minimum absolute atomic E-state index is 0.0616. The summed E-state index contributed by atoms with van der Waals surface area (Å²) in [5.41, 5.74) is 4.82. The molecule has 2 aromatic heterocycles. The molecule has 0 saturated heterocycles. The summed E-state index contributed by atoms with van der Waals surface area (Å²) in [5.74, 6) is 0.148. The first kappa shape index (κ1) is 16.2. The lowest BCUT2D eigenvalue weighted by atomic mass is 10.0. The average Bonchev–Trinajstić information content (AvgIpc) is 3.02. The monoisotopic (exact) mass is 321 g/mol. The number of aromatic nitrogens is 2. The van der Waals surface area contributed by atoms with E-state index in [2.05, 4.69) is 18.3 Å². The van der Waals surface area contributed by atoms with Gasteiger partial charge < -0.3 is 9.72 Å². The van der Waals surface area contributed by atoms with Crippen LogP contribution in [0.25, 0.3) is 16.9 Å². The average molecular weight is 321 g/mol. The van der Waals surface area contributed by atoms with Gasteiger partial charge in [-0.05, 0) is 43.5 Å². The second-order valence-corrected chi connectivity index (χ2v) is 6.13. The lowest BCUT2D eigenvalue weighted by Gasteiger charge is -2.13. The van der Waals surface area contributed by atoms with Crippen LogP contribution in [0.5, 0.6) is 0 Å². The Labute approximate surface area is 142 Å². The van der Waals surface area contributed by atoms with Gasteiger partial charge in [0.25, 0.3) is 0 Å². The fraction of sp³-hybridized carbons (Fsp3) is 0.300. The second kappa shape index (κ2) is 6.87. The van der Waals surface area contributed by atoms with Crippen LogP contribution in [0, 0.1) is 12.8 Å². The van der Waals surface area contributed by atoms with E-state index in [4.69, 9.17) is 4.98 Å². The molecule has 0 saturated carbocycles. The highest BCUT2D eigenvalue weighted by atomic mass is 16.1. The molecule has 3 rings (SSSR count). The van der Waals surface area contributed by atoms with Gasteiger partial charge in [-0.3, -0.25) is 4.79 Å². The van der Waals surface area contributed by atoms with Gasteiger partial charge in [0.15, 0.2) is 0 Å². The maximum absolute atomic E-state index is 12.3. The van der Waals surface area contributed by atoms with Crippen LogP contribution < -0.4 is 5.32 Å². The van der Waals surface area contributed by atoms with Crippen LogP contribution in [-0.2, 0) is 4.79 Å². The Bertz CT molecular complexity index is 862. The molecule has 0 bridgehead atoms. The summed E-state index contributed by atoms with van der Waals surface area (Å²) in [4.78, 5) is 17.0. The number of carbonyl (C=O) groups is 1. The van der Waals surface area contributed by atoms with Crippen molar-refractivity contribution >= 4 is 17.2 Å². The molecule has 24 heavy (non-hydrogen) atoms. The zero-order valence-corrected chi connectivity index (χ0v) is 14.4. The van der Waals surface area contributed by atoms with Gasteiger partial charge in [0.2, 0.25) is 5.91 Å². The van der Waals surface area contributed by atoms with Crippen molar-refractivity contribution in [3.05, 3.63) is 54.4 Å². The van der Waals surface area contributed by atoms with Crippen molar-refractivity contribution in [1.82, 2.24) is 9.38 Å². The van der Waals surface area contributed by atoms with Crippen molar-refractivity contribution in [2.45, 2.75) is 33.6 Å². The van der Waals surface area contributed by atoms with E-state index >= 15 is 0 Å². The van der Waals surface area contributed by atoms with E-state index in [-0.39, 0.29) is 11.8 Å². The van der Waals surface area contributed by atoms with E-state index in [1.807, 2.05) is 61.0 Å². The lowest BCUT2D eigenvalue weighted by molar-refractivity contribution is -0.120. The Hall–Kier alpha value is -2.62. The van der Waals surface area contributed by atoms with Gasteiger partial charge in [0.1, 0.15) is 5.65 Å². The number of imidazole rings is 1. The summed E-state index contributed by atoms with van der Waals surface area (Å²) in [5, 5.41) is 3.03. The fourth-order valence-electron chi connectivity index (χ4n) is 2.95. The number of rotatable bonds is 5. The van der Waals surface area contributed by atoms with Crippen molar-refractivity contribution in [2.75, 3.05) is 5.32 Å². The molecule has 4 nitrogen and oxygen atoms in total. The first-order valence-electron chi connectivity index (χ1n) is 8.48. The topological polar surface area (TPSA) is 46.4 Å². The largest absolute Gasteiger partial charge is 0.326 e. The number of carbonyl (C=O) groups excluding carboxylic acids is 1. The molecule has 1 aromatic carbocycles. The predicted molar refractivity (Wildman–Crippen MR) is 98.1 cm³/mol. The van der Waals surface area contributed by atoms with Crippen molar-refractivity contribution in [3.63, 3.8) is 0 Å². The van der Waals surface area contributed by atoms with Crippen LogP contribution in [0.1, 0.15) is 32.3 Å². The number of fused-ring (bicyclic) bond motifs is 1. The van der Waals surface area contributed by atoms with Crippen molar-refractivity contribution in [3.8, 4) is 11.3 Å². The van der Waals surface area contributed by atoms with Crippen LogP contribution in [0.2, 0.25) is 0 Å². The number of hydrogen-bond acceptors (Lipinski definition) is 2. The van der Waals surface area contributed by atoms with Crippen molar-refractivity contribution in [1.29, 1.82) is 0 Å². The molecule has 3 aromatic rings. The molecule has 0 aliphatic rings. The van der Waals surface area contributed by atoms with Crippen molar-refractivity contribution in [2.24, 2.45) is 5.92 Å². The number of benzene rings is 1. The van der Waals surface area contributed by atoms with Gasteiger partial charge >= 0.3 is 0 Å². The van der Waals surface area contributed by atoms with Crippen LogP contribution in [0.15, 0.2) is 48.8 Å². The maximum Gasteiger partial charge on any atom is 0.227 e. The third kappa shape index (κ3) is 3.18. The number of hydrogen-bond donors (Lipinski definition) is 1. The van der Waals surface area contributed by atoms with E-state index in [9.17, 15) is 4.79 Å². The summed E-state index contributed by atoms with van der Waals surface area (Å²) in [6.45, 7) is 6.14. The van der Waals surface area contributed by atoms with Crippen LogP contribution >= 0.6 is 0 Å². The molecule has 0 radical (unpaired) electrons. The minimum atomic E-state index is 0.0616. The molecule has 1 N–H and O–H groups in total. The molecule has 0 aliphatic carbocycles. The Morgan fingerprint density at radius 2 is 2.00 bits per heavy atom. The van der Waals surface area contributed by atoms with Crippen LogP contribution in [-0.4, -0.2) is 15.3 Å². The van der Waals surface area contributed by atoms with Crippen LogP contribution in [0.3, 0.4) is 0 Å². The standard InChI is InChI=1S/C20H23N3O/c1-4-15(5-2)20(24)21-17-10-6-9-16(12-17)18-13-23-11-7-8-14(3)19(23)22-18/h6-13,15H,4-5H2,1-3H3,(H,21,24). The number of nitrogens with zero attached hydrogens (tertiary/aromatic N) is 2. The number of amides is 1. The first-order chi connectivity index (χ1) is 11.6. The lowest BCUT2D eigenvalue weighted by Crippen LogP contribution is -2.21. The van der Waals surface area contributed by atoms with Crippen molar-refractivity contribution < 1.29 is 4.79 Å². The fourth-order valence-corrected chi connectivity index (χ4v) is 2.95. The molecule has 0 fully saturated rings. The number of anilines is 1. The summed E-state index contributed by atoms with van der Waals surface area (Å²) < 4.78 is 2.03. The molecule has 0 spiro atoms. The van der Waals surface area contributed by atoms with Gasteiger partial charge in [-0.1, -0.05) is 32.0 Å². The normalized spacial score (nSPS) is 11.2. The molecular formula is C20H23N3O. The maximum atomic E-state index is 12.3. The molecule has 0 aliphatic heterocycles. The van der Waals surface area contributed by atoms with E-state index in [1.54, 1.807) is 0 Å². The zero-order valence-electron chi connectivity index (χ0n) is 14.4. The Morgan fingerprint density at radius 1 is 1.21 bits per heavy atom. The molecular weight excluding hydrogens is 298 g/mol. The number of nitrogens with one attached hydrogen (secondary N) is 1. The van der Waals surface area contributed by atoms with E-state index in [0.717, 1.165) is 41.0 Å². The summed E-state index contributed by atoms with van der Waals surface area (Å²) >= 11 is 0. The Morgan fingerprint density at radius 3 is 2.71 bits per heavy atom. The number of aryl methyl sites for hydroxylation is 1. The highest BCUT2D eigenvalue weighted by Crippen LogP contribution is 2.24. The van der Waals surface area contributed by atoms with Crippen LogP contribution in [0.4, 0.5) is 5.69 Å². The van der Waals surface area contributed by atoms with Gasteiger partial charge in [0, 0.05) is 29.6 Å². The second-order valence-electron chi connectivity index (χ2n) is 6.13. The van der Waals surface area contributed by atoms with Gasteiger partial charge in [-0.25, -0.2) is 4.98 Å². The minimum Gasteiger partial charge on any atom is -0.326 e. The SMILES string of the molecule is CCC(CC)C(=O)Nc1cccc(-c2cn3cccc(C)c3n2)c1. The first-order valence-corrected chi connectivity index (χ1v) is 8.48. The third-order valence-electron chi connectivity index (χ3n) is 4.46. The third-order valence-corrected chi connectivity index (χ3v) is 4.46. The molecule has 0 atom stereocenters. The Kier molecular flexibility index (Phi) is 4.65. The molecule has 1 amide bonds. The summed E-state index contributed by atoms with van der Waals surface area (Å²) in [6.07, 6.45) is 5.73. The van der Waals surface area contributed by atoms with E-state index in [1.165, 1.54) is 0 Å². The predicted octanol–water partition coefficient (Wildman–Crippen LogP) is 4.68. The van der Waals surface area contributed by atoms with Gasteiger partial charge in [-0.2, -0.15) is 0 Å². The van der Waals surface area contributed by atoms with Gasteiger partial charge in [-0.15, -0.1) is 0 Å². The molecule has 2 heterocycles. The molecule has 124 valence electrons. The molecule has 4 heteroatoms.